The third-order valence-electron chi connectivity index (χ3n) is 2.54. The zero-order valence-corrected chi connectivity index (χ0v) is 13.1. The molecule has 1 aromatic carbocycles. The van der Waals surface area contributed by atoms with E-state index in [-0.39, 0.29) is 12.5 Å². The van der Waals surface area contributed by atoms with Crippen molar-refractivity contribution < 1.29 is 14.6 Å². The van der Waals surface area contributed by atoms with Gasteiger partial charge in [0, 0.05) is 30.5 Å². The Balaban J connectivity index is 2.10. The molecule has 0 saturated carbocycles. The lowest BCUT2D eigenvalue weighted by Crippen LogP contribution is -2.34. The standard InChI is InChI=1S/C14H21BrN2O3/c1-2-17-14(19)7-8-16-9-12(18)10-20-13-5-3-11(15)4-6-13/h3-6,12,16,18H,2,7-10H2,1H3,(H,17,19). The highest BCUT2D eigenvalue weighted by Crippen LogP contribution is 2.16. The maximum Gasteiger partial charge on any atom is 0.221 e. The molecule has 1 unspecified atom stereocenters. The van der Waals surface area contributed by atoms with E-state index in [2.05, 4.69) is 26.6 Å². The van der Waals surface area contributed by atoms with Gasteiger partial charge in [-0.15, -0.1) is 0 Å². The molecule has 0 aliphatic carbocycles. The van der Waals surface area contributed by atoms with Gasteiger partial charge in [-0.05, 0) is 31.2 Å². The van der Waals surface area contributed by atoms with Crippen molar-refractivity contribution in [2.75, 3.05) is 26.2 Å². The van der Waals surface area contributed by atoms with Crippen LogP contribution in [-0.2, 0) is 4.79 Å². The summed E-state index contributed by atoms with van der Waals surface area (Å²) in [5, 5.41) is 15.5. The quantitative estimate of drug-likeness (QED) is 0.590. The van der Waals surface area contributed by atoms with Gasteiger partial charge < -0.3 is 20.5 Å². The summed E-state index contributed by atoms with van der Waals surface area (Å²) in [6.07, 6.45) is -0.193. The minimum Gasteiger partial charge on any atom is -0.491 e. The molecule has 112 valence electrons. The highest BCUT2D eigenvalue weighted by atomic mass is 79.9. The summed E-state index contributed by atoms with van der Waals surface area (Å²) in [4.78, 5) is 11.2. The van der Waals surface area contributed by atoms with Crippen molar-refractivity contribution in [1.82, 2.24) is 10.6 Å². The Morgan fingerprint density at radius 2 is 2.10 bits per heavy atom. The highest BCUT2D eigenvalue weighted by molar-refractivity contribution is 9.10. The molecule has 0 saturated heterocycles. The predicted octanol–water partition coefficient (Wildman–Crippen LogP) is 1.30. The van der Waals surface area contributed by atoms with Crippen LogP contribution in [0.3, 0.4) is 0 Å². The number of hydrogen-bond donors (Lipinski definition) is 3. The lowest BCUT2D eigenvalue weighted by molar-refractivity contribution is -0.120. The number of rotatable bonds is 9. The summed E-state index contributed by atoms with van der Waals surface area (Å²) in [6.45, 7) is 3.68. The molecule has 0 radical (unpaired) electrons. The van der Waals surface area contributed by atoms with Gasteiger partial charge in [-0.2, -0.15) is 0 Å². The molecule has 5 nitrogen and oxygen atoms in total. The molecule has 0 aliphatic heterocycles. The van der Waals surface area contributed by atoms with Gasteiger partial charge in [-0.25, -0.2) is 0 Å². The Morgan fingerprint density at radius 1 is 1.40 bits per heavy atom. The first-order valence-corrected chi connectivity index (χ1v) is 7.45. The molecule has 0 bridgehead atoms. The maximum absolute atomic E-state index is 11.2. The van der Waals surface area contributed by atoms with Crippen molar-refractivity contribution in [2.45, 2.75) is 19.4 Å². The summed E-state index contributed by atoms with van der Waals surface area (Å²) in [5.41, 5.74) is 0. The van der Waals surface area contributed by atoms with E-state index in [0.717, 1.165) is 10.2 Å². The number of halogens is 1. The van der Waals surface area contributed by atoms with Gasteiger partial charge in [0.05, 0.1) is 0 Å². The maximum atomic E-state index is 11.2. The summed E-state index contributed by atoms with van der Waals surface area (Å²) < 4.78 is 6.43. The monoisotopic (exact) mass is 344 g/mol. The molecule has 0 heterocycles. The largest absolute Gasteiger partial charge is 0.491 e. The van der Waals surface area contributed by atoms with E-state index < -0.39 is 6.10 Å². The minimum atomic E-state index is -0.604. The van der Waals surface area contributed by atoms with Crippen LogP contribution in [0.1, 0.15) is 13.3 Å². The fourth-order valence-electron chi connectivity index (χ4n) is 1.54. The van der Waals surface area contributed by atoms with Gasteiger partial charge in [0.25, 0.3) is 0 Å². The molecule has 20 heavy (non-hydrogen) atoms. The number of amides is 1. The van der Waals surface area contributed by atoms with E-state index in [1.54, 1.807) is 0 Å². The first kappa shape index (κ1) is 16.9. The van der Waals surface area contributed by atoms with Gasteiger partial charge in [-0.3, -0.25) is 4.79 Å². The lowest BCUT2D eigenvalue weighted by Gasteiger charge is -2.13. The minimum absolute atomic E-state index is 0.0144. The topological polar surface area (TPSA) is 70.6 Å². The van der Waals surface area contributed by atoms with Gasteiger partial charge in [-0.1, -0.05) is 15.9 Å². The van der Waals surface area contributed by atoms with Crippen LogP contribution in [0.4, 0.5) is 0 Å². The number of hydrogen-bond acceptors (Lipinski definition) is 4. The highest BCUT2D eigenvalue weighted by Gasteiger charge is 2.05. The molecule has 0 spiro atoms. The zero-order valence-electron chi connectivity index (χ0n) is 11.6. The number of carbonyl (C=O) groups is 1. The van der Waals surface area contributed by atoms with Crippen molar-refractivity contribution in [3.05, 3.63) is 28.7 Å². The van der Waals surface area contributed by atoms with Gasteiger partial charge >= 0.3 is 0 Å². The van der Waals surface area contributed by atoms with Gasteiger partial charge in [0.1, 0.15) is 18.5 Å². The zero-order chi connectivity index (χ0) is 14.8. The predicted molar refractivity (Wildman–Crippen MR) is 81.8 cm³/mol. The second-order valence-corrected chi connectivity index (χ2v) is 5.24. The van der Waals surface area contributed by atoms with Crippen molar-refractivity contribution in [3.8, 4) is 5.75 Å². The Bertz CT molecular complexity index is 398. The van der Waals surface area contributed by atoms with Crippen molar-refractivity contribution in [2.24, 2.45) is 0 Å². The fourth-order valence-corrected chi connectivity index (χ4v) is 1.80. The van der Waals surface area contributed by atoms with E-state index in [0.29, 0.717) is 26.1 Å². The van der Waals surface area contributed by atoms with Crippen LogP contribution < -0.4 is 15.4 Å². The first-order chi connectivity index (χ1) is 9.61. The summed E-state index contributed by atoms with van der Waals surface area (Å²) in [7, 11) is 0. The number of nitrogens with one attached hydrogen (secondary N) is 2. The van der Waals surface area contributed by atoms with Crippen LogP contribution in [0.5, 0.6) is 5.75 Å². The Kier molecular flexibility index (Phi) is 8.25. The Hall–Kier alpha value is -1.11. The first-order valence-electron chi connectivity index (χ1n) is 6.65. The van der Waals surface area contributed by atoms with Crippen LogP contribution in [0.15, 0.2) is 28.7 Å². The SMILES string of the molecule is CCNC(=O)CCNCC(O)COc1ccc(Br)cc1. The summed E-state index contributed by atoms with van der Waals surface area (Å²) in [6, 6.07) is 7.43. The van der Waals surface area contributed by atoms with E-state index in [1.165, 1.54) is 0 Å². The van der Waals surface area contributed by atoms with Gasteiger partial charge in [0.15, 0.2) is 0 Å². The van der Waals surface area contributed by atoms with E-state index in [1.807, 2.05) is 31.2 Å². The van der Waals surface area contributed by atoms with E-state index in [4.69, 9.17) is 4.74 Å². The Morgan fingerprint density at radius 3 is 2.75 bits per heavy atom. The van der Waals surface area contributed by atoms with Crippen LogP contribution >= 0.6 is 15.9 Å². The molecule has 0 aromatic heterocycles. The molecule has 6 heteroatoms. The third-order valence-corrected chi connectivity index (χ3v) is 3.07. The van der Waals surface area contributed by atoms with Crippen LogP contribution in [0.2, 0.25) is 0 Å². The third kappa shape index (κ3) is 7.47. The van der Waals surface area contributed by atoms with Gasteiger partial charge in [0.2, 0.25) is 5.91 Å². The molecule has 1 rings (SSSR count). The summed E-state index contributed by atoms with van der Waals surface area (Å²) in [5.74, 6) is 0.732. The van der Waals surface area contributed by atoms with E-state index >= 15 is 0 Å². The molecular formula is C14H21BrN2O3. The molecule has 0 aliphatic rings. The number of ether oxygens (including phenoxy) is 1. The number of benzene rings is 1. The van der Waals surface area contributed by atoms with Crippen molar-refractivity contribution in [3.63, 3.8) is 0 Å². The van der Waals surface area contributed by atoms with Crippen LogP contribution in [0, 0.1) is 0 Å². The second kappa shape index (κ2) is 9.74. The average molecular weight is 345 g/mol. The van der Waals surface area contributed by atoms with Crippen molar-refractivity contribution >= 4 is 21.8 Å². The van der Waals surface area contributed by atoms with Crippen LogP contribution in [-0.4, -0.2) is 43.4 Å². The number of carbonyl (C=O) groups excluding carboxylic acids is 1. The normalized spacial score (nSPS) is 11.9. The van der Waals surface area contributed by atoms with E-state index in [9.17, 15) is 9.90 Å². The number of aliphatic hydroxyl groups is 1. The smallest absolute Gasteiger partial charge is 0.221 e. The molecule has 1 amide bonds. The second-order valence-electron chi connectivity index (χ2n) is 4.33. The van der Waals surface area contributed by atoms with Crippen LogP contribution in [0.25, 0.3) is 0 Å². The van der Waals surface area contributed by atoms with Crippen molar-refractivity contribution in [1.29, 1.82) is 0 Å². The molecule has 1 aromatic rings. The fraction of sp³-hybridized carbons (Fsp3) is 0.500. The molecule has 1 atom stereocenters. The number of aliphatic hydroxyl groups excluding tert-OH is 1. The lowest BCUT2D eigenvalue weighted by atomic mass is 10.3. The molecule has 3 N–H and O–H groups in total. The molecule has 0 fully saturated rings. The Labute approximate surface area is 127 Å². The average Bonchev–Trinajstić information content (AvgIpc) is 2.43. The summed E-state index contributed by atoms with van der Waals surface area (Å²) >= 11 is 3.34. The molecular weight excluding hydrogens is 324 g/mol.